The van der Waals surface area contributed by atoms with Gasteiger partial charge in [-0.15, -0.1) is 0 Å². The lowest BCUT2D eigenvalue weighted by molar-refractivity contribution is 0.310. The minimum atomic E-state index is -3.10. The number of sulfonamides is 1. The molecule has 1 unspecified atom stereocenters. The SMILES string of the molecule is CCC1CC(C)=C(C)CN1S(=O)(=O)CC[Si](C)(C)C. The van der Waals surface area contributed by atoms with Gasteiger partial charge in [0.25, 0.3) is 0 Å². The Hall–Kier alpha value is -0.133. The predicted molar refractivity (Wildman–Crippen MR) is 85.7 cm³/mol. The Bertz CT molecular complexity index is 449. The second-order valence-corrected chi connectivity index (χ2v) is 14.7. The van der Waals surface area contributed by atoms with Crippen molar-refractivity contribution >= 4 is 18.1 Å². The molecule has 112 valence electrons. The van der Waals surface area contributed by atoms with Crippen molar-refractivity contribution in [1.29, 1.82) is 0 Å². The van der Waals surface area contributed by atoms with Gasteiger partial charge in [-0.05, 0) is 32.7 Å². The molecule has 0 bridgehead atoms. The summed E-state index contributed by atoms with van der Waals surface area (Å²) in [5, 5.41) is 0. The van der Waals surface area contributed by atoms with E-state index in [0.29, 0.717) is 12.3 Å². The summed E-state index contributed by atoms with van der Waals surface area (Å²) in [5.74, 6) is 0.325. The molecule has 1 rings (SSSR count). The van der Waals surface area contributed by atoms with Gasteiger partial charge in [0.1, 0.15) is 0 Å². The van der Waals surface area contributed by atoms with Crippen molar-refractivity contribution in [3.05, 3.63) is 11.1 Å². The minimum absolute atomic E-state index is 0.162. The van der Waals surface area contributed by atoms with E-state index in [9.17, 15) is 8.42 Å². The van der Waals surface area contributed by atoms with Crippen LogP contribution in [0, 0.1) is 0 Å². The van der Waals surface area contributed by atoms with Gasteiger partial charge in [-0.25, -0.2) is 8.42 Å². The molecular weight excluding hydrogens is 274 g/mol. The molecule has 0 saturated heterocycles. The molecule has 0 saturated carbocycles. The van der Waals surface area contributed by atoms with Crippen LogP contribution in [-0.4, -0.2) is 39.1 Å². The van der Waals surface area contributed by atoms with Crippen molar-refractivity contribution in [2.75, 3.05) is 12.3 Å². The Kier molecular flexibility index (Phi) is 5.43. The maximum Gasteiger partial charge on any atom is 0.214 e. The van der Waals surface area contributed by atoms with Crippen LogP contribution in [-0.2, 0) is 10.0 Å². The van der Waals surface area contributed by atoms with Crippen molar-refractivity contribution in [1.82, 2.24) is 4.31 Å². The lowest BCUT2D eigenvalue weighted by atomic mass is 9.97. The molecular formula is C14H29NO2SSi. The first-order valence-electron chi connectivity index (χ1n) is 7.21. The predicted octanol–water partition coefficient (Wildman–Crippen LogP) is 3.48. The standard InChI is InChI=1S/C14H29NO2SSi/c1-7-14-10-12(2)13(3)11-15(14)18(16,17)8-9-19(4,5)6/h14H,7-11H2,1-6H3. The molecule has 0 radical (unpaired) electrons. The van der Waals surface area contributed by atoms with Crippen LogP contribution in [0.5, 0.6) is 0 Å². The normalized spacial score (nSPS) is 22.9. The zero-order chi connectivity index (χ0) is 14.8. The highest BCUT2D eigenvalue weighted by Crippen LogP contribution is 2.28. The summed E-state index contributed by atoms with van der Waals surface area (Å²) >= 11 is 0. The van der Waals surface area contributed by atoms with Gasteiger partial charge in [0.15, 0.2) is 0 Å². The van der Waals surface area contributed by atoms with Crippen LogP contribution in [0.3, 0.4) is 0 Å². The Morgan fingerprint density at radius 2 is 1.79 bits per heavy atom. The third-order valence-corrected chi connectivity index (χ3v) is 7.98. The molecule has 1 heterocycles. The number of hydrogen-bond acceptors (Lipinski definition) is 2. The van der Waals surface area contributed by atoms with Crippen molar-refractivity contribution in [2.24, 2.45) is 0 Å². The van der Waals surface area contributed by atoms with Crippen LogP contribution in [0.4, 0.5) is 0 Å². The topological polar surface area (TPSA) is 37.4 Å². The van der Waals surface area contributed by atoms with E-state index in [1.54, 1.807) is 4.31 Å². The molecule has 0 aromatic rings. The zero-order valence-corrected chi connectivity index (χ0v) is 15.1. The van der Waals surface area contributed by atoms with Gasteiger partial charge in [-0.3, -0.25) is 0 Å². The van der Waals surface area contributed by atoms with Crippen LogP contribution >= 0.6 is 0 Å². The third-order valence-electron chi connectivity index (χ3n) is 4.01. The van der Waals surface area contributed by atoms with Gasteiger partial charge in [0.05, 0.1) is 5.75 Å². The molecule has 0 fully saturated rings. The summed E-state index contributed by atoms with van der Waals surface area (Å²) < 4.78 is 26.9. The third kappa shape index (κ3) is 4.72. The molecule has 1 aliphatic heterocycles. The lowest BCUT2D eigenvalue weighted by Crippen LogP contribution is -2.45. The molecule has 0 aliphatic carbocycles. The largest absolute Gasteiger partial charge is 0.214 e. The number of rotatable bonds is 5. The van der Waals surface area contributed by atoms with Gasteiger partial charge in [-0.1, -0.05) is 37.7 Å². The molecule has 0 amide bonds. The fraction of sp³-hybridized carbons (Fsp3) is 0.857. The number of nitrogens with zero attached hydrogens (tertiary/aromatic N) is 1. The van der Waals surface area contributed by atoms with Gasteiger partial charge >= 0.3 is 0 Å². The highest BCUT2D eigenvalue weighted by Gasteiger charge is 2.33. The quantitative estimate of drug-likeness (QED) is 0.576. The first-order chi connectivity index (χ1) is 8.57. The Morgan fingerprint density at radius 1 is 1.21 bits per heavy atom. The summed E-state index contributed by atoms with van der Waals surface area (Å²) in [6.07, 6.45) is 1.80. The fourth-order valence-corrected chi connectivity index (χ4v) is 7.14. The maximum absolute atomic E-state index is 12.6. The summed E-state index contributed by atoms with van der Waals surface area (Å²) in [7, 11) is -4.41. The second kappa shape index (κ2) is 6.10. The van der Waals surface area contributed by atoms with Crippen LogP contribution in [0.2, 0.25) is 25.7 Å². The summed E-state index contributed by atoms with van der Waals surface area (Å²) in [6, 6.07) is 1.01. The van der Waals surface area contributed by atoms with E-state index < -0.39 is 18.1 Å². The lowest BCUT2D eigenvalue weighted by Gasteiger charge is -2.36. The fourth-order valence-electron chi connectivity index (χ4n) is 2.35. The monoisotopic (exact) mass is 303 g/mol. The maximum atomic E-state index is 12.6. The molecule has 5 heteroatoms. The van der Waals surface area contributed by atoms with E-state index >= 15 is 0 Å². The molecule has 0 aromatic heterocycles. The summed E-state index contributed by atoms with van der Waals surface area (Å²) in [6.45, 7) is 13.5. The van der Waals surface area contributed by atoms with E-state index in [0.717, 1.165) is 18.9 Å². The molecule has 0 spiro atoms. The highest BCUT2D eigenvalue weighted by molar-refractivity contribution is 7.89. The van der Waals surface area contributed by atoms with Gasteiger partial charge in [-0.2, -0.15) is 4.31 Å². The Balaban J connectivity index is 2.88. The average Bonchev–Trinajstić information content (AvgIpc) is 2.28. The smallest absolute Gasteiger partial charge is 0.212 e. The van der Waals surface area contributed by atoms with E-state index in [-0.39, 0.29) is 6.04 Å². The molecule has 3 nitrogen and oxygen atoms in total. The molecule has 19 heavy (non-hydrogen) atoms. The first kappa shape index (κ1) is 16.9. The zero-order valence-electron chi connectivity index (χ0n) is 13.3. The van der Waals surface area contributed by atoms with E-state index in [1.807, 2.05) is 0 Å². The van der Waals surface area contributed by atoms with Gasteiger partial charge in [0, 0.05) is 20.7 Å². The second-order valence-electron chi connectivity index (χ2n) is 7.00. The van der Waals surface area contributed by atoms with Crippen LogP contribution in [0.25, 0.3) is 0 Å². The van der Waals surface area contributed by atoms with Crippen LogP contribution in [0.15, 0.2) is 11.1 Å². The molecule has 0 aromatic carbocycles. The van der Waals surface area contributed by atoms with Crippen molar-refractivity contribution in [3.63, 3.8) is 0 Å². The Labute approximate surface area is 120 Å². The van der Waals surface area contributed by atoms with Crippen molar-refractivity contribution < 1.29 is 8.42 Å². The average molecular weight is 304 g/mol. The highest BCUT2D eigenvalue weighted by atomic mass is 32.2. The molecule has 0 N–H and O–H groups in total. The molecule has 1 aliphatic rings. The van der Waals surface area contributed by atoms with Gasteiger partial charge < -0.3 is 0 Å². The summed E-state index contributed by atoms with van der Waals surface area (Å²) in [5.41, 5.74) is 2.59. The van der Waals surface area contributed by atoms with E-state index in [4.69, 9.17) is 0 Å². The van der Waals surface area contributed by atoms with E-state index in [1.165, 1.54) is 11.1 Å². The summed E-state index contributed by atoms with van der Waals surface area (Å²) in [4.78, 5) is 0. The molecule has 1 atom stereocenters. The first-order valence-corrected chi connectivity index (χ1v) is 12.5. The minimum Gasteiger partial charge on any atom is -0.212 e. The van der Waals surface area contributed by atoms with Crippen molar-refractivity contribution in [3.8, 4) is 0 Å². The van der Waals surface area contributed by atoms with Crippen LogP contribution < -0.4 is 0 Å². The van der Waals surface area contributed by atoms with Crippen LogP contribution in [0.1, 0.15) is 33.6 Å². The Morgan fingerprint density at radius 3 is 2.26 bits per heavy atom. The van der Waals surface area contributed by atoms with Gasteiger partial charge in [0.2, 0.25) is 10.0 Å². The number of hydrogen-bond donors (Lipinski definition) is 0. The van der Waals surface area contributed by atoms with E-state index in [2.05, 4.69) is 40.4 Å². The van der Waals surface area contributed by atoms with Crippen molar-refractivity contribution in [2.45, 2.75) is 65.3 Å².